The molecule has 0 unspecified atom stereocenters. The minimum Gasteiger partial charge on any atom is -0.501 e. The summed E-state index contributed by atoms with van der Waals surface area (Å²) >= 11 is 0. The zero-order valence-corrected chi connectivity index (χ0v) is 9.33. The molecule has 0 saturated carbocycles. The van der Waals surface area contributed by atoms with Crippen LogP contribution in [0.1, 0.15) is 23.0 Å². The molecule has 0 amide bonds. The molecule has 88 valence electrons. The minimum absolute atomic E-state index is 0.145. The number of ether oxygens (including phenoxy) is 1. The molecule has 17 heavy (non-hydrogen) atoms. The number of aromatic carboxylic acids is 1. The Bertz CT molecular complexity index is 572. The first-order valence-corrected chi connectivity index (χ1v) is 5.21. The van der Waals surface area contributed by atoms with Gasteiger partial charge in [-0.05, 0) is 30.7 Å². The molecule has 1 N–H and O–H groups in total. The molecule has 2 aromatic rings. The summed E-state index contributed by atoms with van der Waals surface area (Å²) in [5.74, 6) is -0.997. The number of nitrogens with zero attached hydrogens (tertiary/aromatic N) is 2. The first-order valence-electron chi connectivity index (χ1n) is 5.21. The average Bonchev–Trinajstić information content (AvgIpc) is 2.72. The van der Waals surface area contributed by atoms with Crippen LogP contribution >= 0.6 is 0 Å². The van der Waals surface area contributed by atoms with Crippen LogP contribution in [0.2, 0.25) is 0 Å². The van der Waals surface area contributed by atoms with Gasteiger partial charge in [0.05, 0.1) is 19.1 Å². The zero-order valence-electron chi connectivity index (χ0n) is 9.33. The summed E-state index contributed by atoms with van der Waals surface area (Å²) in [4.78, 5) is 14.9. The van der Waals surface area contributed by atoms with Crippen LogP contribution in [0.4, 0.5) is 0 Å². The molecule has 0 atom stereocenters. The van der Waals surface area contributed by atoms with E-state index < -0.39 is 5.97 Å². The van der Waals surface area contributed by atoms with Crippen molar-refractivity contribution in [3.8, 4) is 0 Å². The molecule has 0 spiro atoms. The van der Waals surface area contributed by atoms with Crippen molar-refractivity contribution in [3.63, 3.8) is 0 Å². The van der Waals surface area contributed by atoms with E-state index in [0.717, 1.165) is 5.56 Å². The van der Waals surface area contributed by atoms with Gasteiger partial charge in [-0.1, -0.05) is 0 Å². The van der Waals surface area contributed by atoms with Crippen LogP contribution in [0.5, 0.6) is 0 Å². The Labute approximate surface area is 98.0 Å². The van der Waals surface area contributed by atoms with E-state index in [-0.39, 0.29) is 5.69 Å². The number of hydrogen-bond donors (Lipinski definition) is 1. The molecule has 0 bridgehead atoms. The molecule has 2 heterocycles. The number of hydrogen-bond acceptors (Lipinski definition) is 3. The number of fused-ring (bicyclic) bond motifs is 1. The monoisotopic (exact) mass is 232 g/mol. The number of carboxylic acid groups (broad SMARTS) is 1. The highest BCUT2D eigenvalue weighted by Gasteiger charge is 2.09. The van der Waals surface area contributed by atoms with Crippen LogP contribution in [0.15, 0.2) is 30.8 Å². The Morgan fingerprint density at radius 3 is 3.12 bits per heavy atom. The van der Waals surface area contributed by atoms with Gasteiger partial charge in [0.1, 0.15) is 5.65 Å². The summed E-state index contributed by atoms with van der Waals surface area (Å²) in [6.45, 7) is 2.50. The quantitative estimate of drug-likeness (QED) is 0.819. The van der Waals surface area contributed by atoms with E-state index in [1.807, 2.05) is 13.0 Å². The second-order valence-corrected chi connectivity index (χ2v) is 3.40. The molecule has 0 aliphatic carbocycles. The first kappa shape index (κ1) is 11.2. The van der Waals surface area contributed by atoms with Gasteiger partial charge in [0.2, 0.25) is 0 Å². The maximum atomic E-state index is 10.9. The minimum atomic E-state index is -0.997. The number of aromatic nitrogens is 2. The summed E-state index contributed by atoms with van der Waals surface area (Å²) in [5.41, 5.74) is 1.61. The molecular weight excluding hydrogens is 220 g/mol. The second-order valence-electron chi connectivity index (χ2n) is 3.40. The van der Waals surface area contributed by atoms with Gasteiger partial charge in [-0.2, -0.15) is 0 Å². The predicted molar refractivity (Wildman–Crippen MR) is 62.8 cm³/mol. The summed E-state index contributed by atoms with van der Waals surface area (Å²) in [5, 5.41) is 8.97. The van der Waals surface area contributed by atoms with Crippen molar-refractivity contribution in [2.45, 2.75) is 6.92 Å². The number of imidazole rings is 1. The lowest BCUT2D eigenvalue weighted by molar-refractivity contribution is 0.0689. The van der Waals surface area contributed by atoms with Gasteiger partial charge >= 0.3 is 5.97 Å². The summed E-state index contributed by atoms with van der Waals surface area (Å²) in [6, 6.07) is 3.61. The number of carboxylic acids is 1. The van der Waals surface area contributed by atoms with Gasteiger partial charge in [-0.3, -0.25) is 4.40 Å². The van der Waals surface area contributed by atoms with Crippen LogP contribution in [0, 0.1) is 0 Å². The van der Waals surface area contributed by atoms with Gasteiger partial charge in [0.25, 0.3) is 0 Å². The lowest BCUT2D eigenvalue weighted by Crippen LogP contribution is -2.01. The number of rotatable bonds is 4. The van der Waals surface area contributed by atoms with Crippen molar-refractivity contribution >= 4 is 17.7 Å². The molecule has 0 aliphatic rings. The smallest absolute Gasteiger partial charge is 0.354 e. The van der Waals surface area contributed by atoms with Crippen molar-refractivity contribution < 1.29 is 14.6 Å². The molecular formula is C12H12N2O3. The van der Waals surface area contributed by atoms with E-state index in [4.69, 9.17) is 9.84 Å². The third kappa shape index (κ3) is 2.28. The fourth-order valence-corrected chi connectivity index (χ4v) is 1.48. The van der Waals surface area contributed by atoms with Crippen molar-refractivity contribution in [1.29, 1.82) is 0 Å². The van der Waals surface area contributed by atoms with Crippen molar-refractivity contribution in [1.82, 2.24) is 9.38 Å². The highest BCUT2D eigenvalue weighted by Crippen LogP contribution is 2.10. The topological polar surface area (TPSA) is 63.8 Å². The molecule has 2 rings (SSSR count). The van der Waals surface area contributed by atoms with E-state index >= 15 is 0 Å². The largest absolute Gasteiger partial charge is 0.501 e. The Hall–Kier alpha value is -2.30. The summed E-state index contributed by atoms with van der Waals surface area (Å²) in [6.07, 6.45) is 6.40. The summed E-state index contributed by atoms with van der Waals surface area (Å²) in [7, 11) is 0. The van der Waals surface area contributed by atoms with Crippen LogP contribution in [0.25, 0.3) is 11.7 Å². The SMILES string of the molecule is CCO/C=C/c1ccc2ncc(C(=O)O)n2c1. The van der Waals surface area contributed by atoms with Crippen LogP contribution in [-0.2, 0) is 4.74 Å². The van der Waals surface area contributed by atoms with E-state index in [1.165, 1.54) is 10.6 Å². The van der Waals surface area contributed by atoms with Crippen molar-refractivity contribution in [3.05, 3.63) is 42.0 Å². The van der Waals surface area contributed by atoms with E-state index in [0.29, 0.717) is 12.3 Å². The third-order valence-electron chi connectivity index (χ3n) is 2.27. The van der Waals surface area contributed by atoms with E-state index in [1.54, 1.807) is 24.6 Å². The molecule has 0 aliphatic heterocycles. The highest BCUT2D eigenvalue weighted by atomic mass is 16.5. The number of pyridine rings is 1. The highest BCUT2D eigenvalue weighted by molar-refractivity contribution is 5.86. The molecule has 5 heteroatoms. The molecule has 0 aromatic carbocycles. The van der Waals surface area contributed by atoms with Gasteiger partial charge in [0, 0.05) is 6.20 Å². The Morgan fingerprint density at radius 1 is 1.59 bits per heavy atom. The standard InChI is InChI=1S/C12H12N2O3/c1-2-17-6-5-9-3-4-11-13-7-10(12(15)16)14(11)8-9/h3-8H,2H2,1H3,(H,15,16)/b6-5+. The maximum Gasteiger partial charge on any atom is 0.354 e. The fraction of sp³-hybridized carbons (Fsp3) is 0.167. The van der Waals surface area contributed by atoms with Crippen molar-refractivity contribution in [2.75, 3.05) is 6.61 Å². The Kier molecular flexibility index (Phi) is 3.09. The third-order valence-corrected chi connectivity index (χ3v) is 2.27. The van der Waals surface area contributed by atoms with Gasteiger partial charge in [0.15, 0.2) is 5.69 Å². The maximum absolute atomic E-state index is 10.9. The first-order chi connectivity index (χ1) is 8.22. The Morgan fingerprint density at radius 2 is 2.41 bits per heavy atom. The fourth-order valence-electron chi connectivity index (χ4n) is 1.48. The number of carbonyl (C=O) groups is 1. The van der Waals surface area contributed by atoms with E-state index in [2.05, 4.69) is 4.98 Å². The summed E-state index contributed by atoms with van der Waals surface area (Å²) < 4.78 is 6.62. The second kappa shape index (κ2) is 4.69. The van der Waals surface area contributed by atoms with Gasteiger partial charge in [-0.25, -0.2) is 9.78 Å². The van der Waals surface area contributed by atoms with Crippen LogP contribution in [-0.4, -0.2) is 27.1 Å². The Balaban J connectivity index is 2.41. The van der Waals surface area contributed by atoms with Crippen molar-refractivity contribution in [2.24, 2.45) is 0 Å². The molecule has 0 saturated heterocycles. The van der Waals surface area contributed by atoms with Crippen LogP contribution in [0.3, 0.4) is 0 Å². The lowest BCUT2D eigenvalue weighted by Gasteiger charge is -1.99. The van der Waals surface area contributed by atoms with Gasteiger partial charge < -0.3 is 9.84 Å². The van der Waals surface area contributed by atoms with Crippen LogP contribution < -0.4 is 0 Å². The molecule has 2 aromatic heterocycles. The molecule has 0 fully saturated rings. The molecule has 0 radical (unpaired) electrons. The van der Waals surface area contributed by atoms with Gasteiger partial charge in [-0.15, -0.1) is 0 Å². The molecule has 5 nitrogen and oxygen atoms in total. The lowest BCUT2D eigenvalue weighted by atomic mass is 10.3. The average molecular weight is 232 g/mol. The normalized spacial score (nSPS) is 11.1. The predicted octanol–water partition coefficient (Wildman–Crippen LogP) is 2.04. The van der Waals surface area contributed by atoms with E-state index in [9.17, 15) is 4.79 Å². The zero-order chi connectivity index (χ0) is 12.3.